The standard InChI is InChI=1S/C17H21N3O/c1-12-4-3-5-14(10-12)8-9-19-17(21)15-11-13(2)6-7-16(15)20-18/h3-7,10-11,20H,8-9,18H2,1-2H3,(H,19,21). The lowest BCUT2D eigenvalue weighted by molar-refractivity contribution is 0.0955. The maximum Gasteiger partial charge on any atom is 0.253 e. The van der Waals surface area contributed by atoms with Gasteiger partial charge in [0.1, 0.15) is 0 Å². The Morgan fingerprint density at radius 2 is 1.86 bits per heavy atom. The molecule has 0 saturated carbocycles. The van der Waals surface area contributed by atoms with E-state index in [1.165, 1.54) is 11.1 Å². The lowest BCUT2D eigenvalue weighted by atomic mass is 10.1. The largest absolute Gasteiger partial charge is 0.352 e. The summed E-state index contributed by atoms with van der Waals surface area (Å²) in [6.45, 7) is 4.61. The smallest absolute Gasteiger partial charge is 0.253 e. The molecule has 110 valence electrons. The number of benzene rings is 2. The Morgan fingerprint density at radius 1 is 1.10 bits per heavy atom. The first kappa shape index (κ1) is 15.1. The first-order valence-corrected chi connectivity index (χ1v) is 7.01. The number of anilines is 1. The molecule has 0 radical (unpaired) electrons. The topological polar surface area (TPSA) is 67.2 Å². The van der Waals surface area contributed by atoms with Crippen molar-refractivity contribution < 1.29 is 4.79 Å². The lowest BCUT2D eigenvalue weighted by Gasteiger charge is -2.11. The third-order valence-electron chi connectivity index (χ3n) is 3.36. The van der Waals surface area contributed by atoms with Crippen LogP contribution in [0.5, 0.6) is 0 Å². The number of carbonyl (C=O) groups excluding carboxylic acids is 1. The van der Waals surface area contributed by atoms with Gasteiger partial charge in [0.25, 0.3) is 5.91 Å². The molecule has 0 aliphatic rings. The third-order valence-corrected chi connectivity index (χ3v) is 3.36. The van der Waals surface area contributed by atoms with E-state index in [9.17, 15) is 4.79 Å². The van der Waals surface area contributed by atoms with Gasteiger partial charge in [0.15, 0.2) is 0 Å². The van der Waals surface area contributed by atoms with Gasteiger partial charge in [-0.15, -0.1) is 0 Å². The second-order valence-electron chi connectivity index (χ2n) is 5.19. The van der Waals surface area contributed by atoms with Crippen molar-refractivity contribution in [1.29, 1.82) is 0 Å². The number of hydrogen-bond donors (Lipinski definition) is 3. The van der Waals surface area contributed by atoms with E-state index in [4.69, 9.17) is 5.84 Å². The summed E-state index contributed by atoms with van der Waals surface area (Å²) in [6, 6.07) is 13.8. The SMILES string of the molecule is Cc1cccc(CCNC(=O)c2cc(C)ccc2NN)c1. The molecule has 0 atom stereocenters. The Kier molecular flexibility index (Phi) is 4.95. The highest BCUT2D eigenvalue weighted by atomic mass is 16.1. The number of aryl methyl sites for hydroxylation is 2. The minimum atomic E-state index is -0.112. The lowest BCUT2D eigenvalue weighted by Crippen LogP contribution is -2.27. The number of hydrogen-bond acceptors (Lipinski definition) is 3. The molecule has 21 heavy (non-hydrogen) atoms. The molecule has 0 aromatic heterocycles. The fraction of sp³-hybridized carbons (Fsp3) is 0.235. The Bertz CT molecular complexity index is 638. The van der Waals surface area contributed by atoms with Crippen molar-refractivity contribution >= 4 is 11.6 Å². The fourth-order valence-corrected chi connectivity index (χ4v) is 2.26. The van der Waals surface area contributed by atoms with Gasteiger partial charge >= 0.3 is 0 Å². The molecule has 0 heterocycles. The van der Waals surface area contributed by atoms with Crippen LogP contribution in [0.2, 0.25) is 0 Å². The number of carbonyl (C=O) groups is 1. The number of hydrazine groups is 1. The summed E-state index contributed by atoms with van der Waals surface area (Å²) >= 11 is 0. The number of nitrogen functional groups attached to an aromatic ring is 1. The zero-order valence-electron chi connectivity index (χ0n) is 12.4. The van der Waals surface area contributed by atoms with Gasteiger partial charge in [-0.2, -0.15) is 0 Å². The van der Waals surface area contributed by atoms with Crippen LogP contribution >= 0.6 is 0 Å². The van der Waals surface area contributed by atoms with E-state index >= 15 is 0 Å². The first-order chi connectivity index (χ1) is 10.1. The molecule has 2 rings (SSSR count). The molecule has 2 aromatic rings. The molecule has 4 heteroatoms. The molecule has 4 nitrogen and oxygen atoms in total. The van der Waals surface area contributed by atoms with E-state index in [0.29, 0.717) is 17.8 Å². The van der Waals surface area contributed by atoms with Crippen LogP contribution < -0.4 is 16.6 Å². The van der Waals surface area contributed by atoms with Gasteiger partial charge < -0.3 is 10.7 Å². The second-order valence-corrected chi connectivity index (χ2v) is 5.19. The Hall–Kier alpha value is -2.33. The van der Waals surface area contributed by atoms with Crippen LogP contribution in [0.25, 0.3) is 0 Å². The van der Waals surface area contributed by atoms with Crippen LogP contribution in [-0.4, -0.2) is 12.5 Å². The van der Waals surface area contributed by atoms with E-state index in [2.05, 4.69) is 35.9 Å². The Balaban J connectivity index is 1.97. The zero-order valence-corrected chi connectivity index (χ0v) is 12.4. The maximum absolute atomic E-state index is 12.2. The quantitative estimate of drug-likeness (QED) is 0.583. The van der Waals surface area contributed by atoms with Crippen molar-refractivity contribution in [3.05, 3.63) is 64.7 Å². The van der Waals surface area contributed by atoms with Crippen LogP contribution in [0.15, 0.2) is 42.5 Å². The summed E-state index contributed by atoms with van der Waals surface area (Å²) in [5.41, 5.74) is 7.24. The Morgan fingerprint density at radius 3 is 2.57 bits per heavy atom. The molecule has 0 saturated heterocycles. The second kappa shape index (κ2) is 6.90. The molecule has 0 bridgehead atoms. The molecule has 0 fully saturated rings. The average molecular weight is 283 g/mol. The predicted molar refractivity (Wildman–Crippen MR) is 86.2 cm³/mol. The number of nitrogens with two attached hydrogens (primary N) is 1. The summed E-state index contributed by atoms with van der Waals surface area (Å²) in [5, 5.41) is 2.93. The van der Waals surface area contributed by atoms with Gasteiger partial charge in [-0.25, -0.2) is 0 Å². The molecular formula is C17H21N3O. The third kappa shape index (κ3) is 4.07. The van der Waals surface area contributed by atoms with Gasteiger partial charge in [-0.05, 0) is 38.0 Å². The first-order valence-electron chi connectivity index (χ1n) is 7.01. The van der Waals surface area contributed by atoms with E-state index in [-0.39, 0.29) is 5.91 Å². The van der Waals surface area contributed by atoms with Crippen molar-refractivity contribution in [2.24, 2.45) is 5.84 Å². The van der Waals surface area contributed by atoms with Gasteiger partial charge in [-0.3, -0.25) is 10.6 Å². The molecule has 0 aliphatic carbocycles. The summed E-state index contributed by atoms with van der Waals surface area (Å²) in [6.07, 6.45) is 0.810. The predicted octanol–water partition coefficient (Wildman–Crippen LogP) is 2.56. The molecule has 0 aliphatic heterocycles. The summed E-state index contributed by atoms with van der Waals surface area (Å²) in [5.74, 6) is 5.33. The normalized spacial score (nSPS) is 10.2. The van der Waals surface area contributed by atoms with Crippen molar-refractivity contribution in [3.63, 3.8) is 0 Å². The highest BCUT2D eigenvalue weighted by molar-refractivity contribution is 5.99. The number of nitrogens with one attached hydrogen (secondary N) is 2. The highest BCUT2D eigenvalue weighted by Gasteiger charge is 2.10. The van der Waals surface area contributed by atoms with Gasteiger partial charge in [-0.1, -0.05) is 41.5 Å². The molecule has 2 aromatic carbocycles. The van der Waals surface area contributed by atoms with E-state index in [0.717, 1.165) is 12.0 Å². The monoisotopic (exact) mass is 283 g/mol. The summed E-state index contributed by atoms with van der Waals surface area (Å²) in [4.78, 5) is 12.2. The molecule has 0 spiro atoms. The van der Waals surface area contributed by atoms with Crippen molar-refractivity contribution in [1.82, 2.24) is 5.32 Å². The van der Waals surface area contributed by atoms with E-state index in [1.807, 2.05) is 31.2 Å². The fourth-order valence-electron chi connectivity index (χ4n) is 2.26. The zero-order chi connectivity index (χ0) is 15.2. The van der Waals surface area contributed by atoms with E-state index < -0.39 is 0 Å². The van der Waals surface area contributed by atoms with Gasteiger partial charge in [0, 0.05) is 6.54 Å². The van der Waals surface area contributed by atoms with Crippen molar-refractivity contribution in [2.75, 3.05) is 12.0 Å². The summed E-state index contributed by atoms with van der Waals surface area (Å²) < 4.78 is 0. The molecule has 0 unspecified atom stereocenters. The minimum absolute atomic E-state index is 0.112. The van der Waals surface area contributed by atoms with Gasteiger partial charge in [0.2, 0.25) is 0 Å². The van der Waals surface area contributed by atoms with Crippen LogP contribution in [0.4, 0.5) is 5.69 Å². The van der Waals surface area contributed by atoms with Gasteiger partial charge in [0.05, 0.1) is 11.3 Å². The average Bonchev–Trinajstić information content (AvgIpc) is 2.47. The minimum Gasteiger partial charge on any atom is -0.352 e. The highest BCUT2D eigenvalue weighted by Crippen LogP contribution is 2.16. The number of amides is 1. The van der Waals surface area contributed by atoms with Crippen LogP contribution in [0.3, 0.4) is 0 Å². The van der Waals surface area contributed by atoms with E-state index in [1.54, 1.807) is 0 Å². The molecular weight excluding hydrogens is 262 g/mol. The Labute approximate surface area is 125 Å². The maximum atomic E-state index is 12.2. The molecule has 1 amide bonds. The van der Waals surface area contributed by atoms with Crippen LogP contribution in [-0.2, 0) is 6.42 Å². The summed E-state index contributed by atoms with van der Waals surface area (Å²) in [7, 11) is 0. The van der Waals surface area contributed by atoms with Crippen LogP contribution in [0, 0.1) is 13.8 Å². The van der Waals surface area contributed by atoms with Crippen LogP contribution in [0.1, 0.15) is 27.0 Å². The van der Waals surface area contributed by atoms with Crippen molar-refractivity contribution in [2.45, 2.75) is 20.3 Å². The molecule has 4 N–H and O–H groups in total. The van der Waals surface area contributed by atoms with Crippen molar-refractivity contribution in [3.8, 4) is 0 Å². The number of rotatable bonds is 5.